The first kappa shape index (κ1) is 14.6. The van der Waals surface area contributed by atoms with E-state index in [0.717, 1.165) is 5.92 Å². The highest BCUT2D eigenvalue weighted by atomic mass is 15.2. The summed E-state index contributed by atoms with van der Waals surface area (Å²) in [7, 11) is 0. The van der Waals surface area contributed by atoms with Crippen molar-refractivity contribution >= 4 is 0 Å². The van der Waals surface area contributed by atoms with Gasteiger partial charge in [0.15, 0.2) is 0 Å². The van der Waals surface area contributed by atoms with Gasteiger partial charge >= 0.3 is 0 Å². The van der Waals surface area contributed by atoms with Gasteiger partial charge in [0.1, 0.15) is 0 Å². The van der Waals surface area contributed by atoms with E-state index in [1.54, 1.807) is 11.1 Å². The third kappa shape index (κ3) is 3.39. The molecule has 1 saturated heterocycles. The maximum Gasteiger partial charge on any atom is 0.0356 e. The van der Waals surface area contributed by atoms with Crippen molar-refractivity contribution in [3.05, 3.63) is 35.4 Å². The molecule has 0 amide bonds. The smallest absolute Gasteiger partial charge is 0.0356 e. The van der Waals surface area contributed by atoms with Crippen molar-refractivity contribution in [3.8, 4) is 0 Å². The van der Waals surface area contributed by atoms with Crippen molar-refractivity contribution in [2.45, 2.75) is 65.5 Å². The lowest BCUT2D eigenvalue weighted by atomic mass is 9.91. The largest absolute Gasteiger partial charge is 0.291 e. The number of hydrogen-bond acceptors (Lipinski definition) is 1. The third-order valence-electron chi connectivity index (χ3n) is 4.16. The maximum absolute atomic E-state index is 2.69. The molecule has 0 aliphatic carbocycles. The number of rotatable bonds is 3. The van der Waals surface area contributed by atoms with Crippen LogP contribution in [-0.4, -0.2) is 17.0 Å². The van der Waals surface area contributed by atoms with E-state index in [9.17, 15) is 0 Å². The summed E-state index contributed by atoms with van der Waals surface area (Å²) in [6.07, 6.45) is 3.84. The molecule has 1 aliphatic rings. The molecule has 0 radical (unpaired) electrons. The lowest BCUT2D eigenvalue weighted by Gasteiger charge is -2.38. The quantitative estimate of drug-likeness (QED) is 0.752. The van der Waals surface area contributed by atoms with Crippen molar-refractivity contribution in [3.63, 3.8) is 0 Å². The van der Waals surface area contributed by atoms with E-state index in [-0.39, 0.29) is 5.54 Å². The molecule has 1 aromatic carbocycles. The summed E-state index contributed by atoms with van der Waals surface area (Å²) in [5, 5.41) is 0. The van der Waals surface area contributed by atoms with Crippen LogP contribution in [0.25, 0.3) is 0 Å². The van der Waals surface area contributed by atoms with Crippen LogP contribution in [0.4, 0.5) is 0 Å². The van der Waals surface area contributed by atoms with Gasteiger partial charge in [-0.25, -0.2) is 0 Å². The molecule has 0 saturated carbocycles. The third-order valence-corrected chi connectivity index (χ3v) is 4.16. The lowest BCUT2D eigenvalue weighted by molar-refractivity contribution is 0.121. The normalized spacial score (nSPS) is 21.3. The zero-order valence-electron chi connectivity index (χ0n) is 13.2. The zero-order valence-corrected chi connectivity index (χ0v) is 13.2. The van der Waals surface area contributed by atoms with Gasteiger partial charge in [0, 0.05) is 11.6 Å². The highest BCUT2D eigenvalue weighted by Gasteiger charge is 2.34. The first-order chi connectivity index (χ1) is 8.89. The Kier molecular flexibility index (Phi) is 4.35. The molecule has 1 heteroatoms. The Hall–Kier alpha value is -0.820. The fourth-order valence-electron chi connectivity index (χ4n) is 3.38. The van der Waals surface area contributed by atoms with Crippen LogP contribution in [0.3, 0.4) is 0 Å². The second-order valence-electron chi connectivity index (χ2n) is 7.32. The predicted molar refractivity (Wildman–Crippen MR) is 83.4 cm³/mol. The topological polar surface area (TPSA) is 3.24 Å². The second kappa shape index (κ2) is 5.66. The molecular formula is C18H29N. The fraction of sp³-hybridized carbons (Fsp3) is 0.667. The minimum Gasteiger partial charge on any atom is -0.291 e. The first-order valence-corrected chi connectivity index (χ1v) is 7.74. The molecule has 2 rings (SSSR count). The maximum atomic E-state index is 2.69. The fourth-order valence-corrected chi connectivity index (χ4v) is 3.38. The Morgan fingerprint density at radius 2 is 1.89 bits per heavy atom. The standard InChI is InChI=1S/C18H29N/c1-14(2)13-15-9-6-7-10-16(15)17-11-8-12-19(17)18(3,4)5/h6-7,9-10,14,17H,8,11-13H2,1-5H3/t17-/m1/s1. The average Bonchev–Trinajstić information content (AvgIpc) is 2.77. The Morgan fingerprint density at radius 1 is 1.21 bits per heavy atom. The van der Waals surface area contributed by atoms with Crippen molar-refractivity contribution in [1.29, 1.82) is 0 Å². The van der Waals surface area contributed by atoms with Gasteiger partial charge in [0.05, 0.1) is 0 Å². The first-order valence-electron chi connectivity index (χ1n) is 7.74. The summed E-state index contributed by atoms with van der Waals surface area (Å²) in [4.78, 5) is 2.69. The van der Waals surface area contributed by atoms with Gasteiger partial charge in [0.25, 0.3) is 0 Å². The molecule has 1 nitrogen and oxygen atoms in total. The summed E-state index contributed by atoms with van der Waals surface area (Å²) in [6, 6.07) is 9.70. The van der Waals surface area contributed by atoms with Crippen LogP contribution in [-0.2, 0) is 6.42 Å². The van der Waals surface area contributed by atoms with Crippen molar-refractivity contribution in [2.75, 3.05) is 6.54 Å². The molecule has 0 aromatic heterocycles. The molecule has 1 atom stereocenters. The number of likely N-dealkylation sites (tertiary alicyclic amines) is 1. The highest BCUT2D eigenvalue weighted by molar-refractivity contribution is 5.31. The summed E-state index contributed by atoms with van der Waals surface area (Å²) < 4.78 is 0. The number of nitrogens with zero attached hydrogens (tertiary/aromatic N) is 1. The van der Waals surface area contributed by atoms with Crippen molar-refractivity contribution < 1.29 is 0 Å². The Balaban J connectivity index is 2.30. The molecule has 106 valence electrons. The summed E-state index contributed by atoms with van der Waals surface area (Å²) >= 11 is 0. The van der Waals surface area contributed by atoms with Gasteiger partial charge in [-0.3, -0.25) is 4.90 Å². The van der Waals surface area contributed by atoms with Crippen LogP contribution in [0.5, 0.6) is 0 Å². The van der Waals surface area contributed by atoms with Crippen molar-refractivity contribution in [2.24, 2.45) is 5.92 Å². The Bertz CT molecular complexity index is 414. The van der Waals surface area contributed by atoms with Crippen molar-refractivity contribution in [1.82, 2.24) is 4.90 Å². The minimum atomic E-state index is 0.270. The van der Waals surface area contributed by atoms with Crippen LogP contribution in [0, 0.1) is 5.92 Å². The van der Waals surface area contributed by atoms with E-state index in [4.69, 9.17) is 0 Å². The van der Waals surface area contributed by atoms with Crippen LogP contribution >= 0.6 is 0 Å². The van der Waals surface area contributed by atoms with Crippen LogP contribution in [0.2, 0.25) is 0 Å². The van der Waals surface area contributed by atoms with Gasteiger partial charge in [0.2, 0.25) is 0 Å². The number of benzene rings is 1. The molecule has 0 spiro atoms. The summed E-state index contributed by atoms with van der Waals surface area (Å²) in [5.41, 5.74) is 3.40. The van der Waals surface area contributed by atoms with E-state index >= 15 is 0 Å². The van der Waals surface area contributed by atoms with E-state index in [0.29, 0.717) is 6.04 Å². The van der Waals surface area contributed by atoms with Gasteiger partial charge in [-0.1, -0.05) is 38.1 Å². The van der Waals surface area contributed by atoms with E-state index in [1.165, 1.54) is 25.8 Å². The molecule has 0 N–H and O–H groups in total. The zero-order chi connectivity index (χ0) is 14.0. The molecule has 1 aliphatic heterocycles. The van der Waals surface area contributed by atoms with Crippen LogP contribution in [0.15, 0.2) is 24.3 Å². The van der Waals surface area contributed by atoms with Gasteiger partial charge in [-0.05, 0) is 63.6 Å². The molecule has 0 unspecified atom stereocenters. The summed E-state index contributed by atoms with van der Waals surface area (Å²) in [5.74, 6) is 0.727. The average molecular weight is 259 g/mol. The van der Waals surface area contributed by atoms with Crippen LogP contribution in [0.1, 0.15) is 64.6 Å². The van der Waals surface area contributed by atoms with E-state index < -0.39 is 0 Å². The van der Waals surface area contributed by atoms with E-state index in [1.807, 2.05) is 0 Å². The predicted octanol–water partition coefficient (Wildman–Crippen LogP) is 4.82. The van der Waals surface area contributed by atoms with E-state index in [2.05, 4.69) is 63.8 Å². The Morgan fingerprint density at radius 3 is 2.53 bits per heavy atom. The van der Waals surface area contributed by atoms with Gasteiger partial charge in [-0.2, -0.15) is 0 Å². The molecule has 0 bridgehead atoms. The second-order valence-corrected chi connectivity index (χ2v) is 7.32. The van der Waals surface area contributed by atoms with Gasteiger partial charge < -0.3 is 0 Å². The SMILES string of the molecule is CC(C)Cc1ccccc1[C@H]1CCCN1C(C)(C)C. The Labute approximate surface area is 119 Å². The minimum absolute atomic E-state index is 0.270. The molecule has 1 aromatic rings. The van der Waals surface area contributed by atoms with Gasteiger partial charge in [-0.15, -0.1) is 0 Å². The molecule has 19 heavy (non-hydrogen) atoms. The lowest BCUT2D eigenvalue weighted by Crippen LogP contribution is -2.40. The molecule has 1 fully saturated rings. The highest BCUT2D eigenvalue weighted by Crippen LogP contribution is 2.38. The number of hydrogen-bond donors (Lipinski definition) is 0. The van der Waals surface area contributed by atoms with Crippen LogP contribution < -0.4 is 0 Å². The summed E-state index contributed by atoms with van der Waals surface area (Å²) in [6.45, 7) is 12.9. The monoisotopic (exact) mass is 259 g/mol. The molecule has 1 heterocycles. The molecular weight excluding hydrogens is 230 g/mol.